The average molecular weight is 246 g/mol. The minimum Gasteiger partial charge on any atom is -0.366 e. The summed E-state index contributed by atoms with van der Waals surface area (Å²) in [4.78, 5) is 11.3. The van der Waals surface area contributed by atoms with Crippen LogP contribution in [0.15, 0.2) is 24.3 Å². The molecule has 0 spiro atoms. The molecule has 0 bridgehead atoms. The van der Waals surface area contributed by atoms with Crippen molar-refractivity contribution in [2.75, 3.05) is 6.61 Å². The van der Waals surface area contributed by atoms with Gasteiger partial charge in [-0.05, 0) is 31.5 Å². The van der Waals surface area contributed by atoms with E-state index in [1.807, 2.05) is 0 Å². The molecule has 0 aliphatic heterocycles. The number of Topliss-reactive ketones (excluding diaryl/α,β-unsaturated/α-hetero) is 1. The normalized spacial score (nSPS) is 13.5. The maximum atomic E-state index is 12.5. The zero-order valence-corrected chi connectivity index (χ0v) is 9.54. The van der Waals surface area contributed by atoms with Crippen LogP contribution in [0, 0.1) is 0 Å². The SMILES string of the molecule is CCOC(C(C)=O)c1cccc(C(F)(F)F)c1. The van der Waals surface area contributed by atoms with Gasteiger partial charge in [0, 0.05) is 6.61 Å². The van der Waals surface area contributed by atoms with E-state index in [2.05, 4.69) is 0 Å². The number of hydrogen-bond acceptors (Lipinski definition) is 2. The van der Waals surface area contributed by atoms with Crippen LogP contribution >= 0.6 is 0 Å². The number of hydrogen-bond donors (Lipinski definition) is 0. The Hall–Kier alpha value is -1.36. The second kappa shape index (κ2) is 5.31. The summed E-state index contributed by atoms with van der Waals surface area (Å²) < 4.78 is 42.6. The number of ether oxygens (including phenoxy) is 1. The van der Waals surface area contributed by atoms with Crippen LogP contribution in [0.25, 0.3) is 0 Å². The molecule has 0 N–H and O–H groups in total. The van der Waals surface area contributed by atoms with Crippen LogP contribution in [0.5, 0.6) is 0 Å². The highest BCUT2D eigenvalue weighted by Crippen LogP contribution is 2.31. The summed E-state index contributed by atoms with van der Waals surface area (Å²) in [5, 5.41) is 0. The lowest BCUT2D eigenvalue weighted by Crippen LogP contribution is -2.14. The third-order valence-electron chi connectivity index (χ3n) is 2.22. The highest BCUT2D eigenvalue weighted by Gasteiger charge is 2.31. The summed E-state index contributed by atoms with van der Waals surface area (Å²) in [6.07, 6.45) is -5.34. The van der Waals surface area contributed by atoms with Crippen molar-refractivity contribution < 1.29 is 22.7 Å². The Morgan fingerprint density at radius 2 is 2.06 bits per heavy atom. The number of ketones is 1. The quantitative estimate of drug-likeness (QED) is 0.814. The van der Waals surface area contributed by atoms with Crippen molar-refractivity contribution in [2.24, 2.45) is 0 Å². The number of alkyl halides is 3. The van der Waals surface area contributed by atoms with Gasteiger partial charge in [-0.15, -0.1) is 0 Å². The minimum atomic E-state index is -4.41. The molecule has 0 radical (unpaired) electrons. The first-order valence-electron chi connectivity index (χ1n) is 5.15. The van der Waals surface area contributed by atoms with E-state index in [9.17, 15) is 18.0 Å². The van der Waals surface area contributed by atoms with Crippen molar-refractivity contribution >= 4 is 5.78 Å². The first kappa shape index (κ1) is 13.7. The molecule has 0 saturated carbocycles. The number of halogens is 3. The molecule has 1 aromatic carbocycles. The highest BCUT2D eigenvalue weighted by atomic mass is 19.4. The third kappa shape index (κ3) is 3.56. The molecule has 5 heteroatoms. The molecule has 0 fully saturated rings. The van der Waals surface area contributed by atoms with Crippen molar-refractivity contribution in [3.63, 3.8) is 0 Å². The first-order valence-corrected chi connectivity index (χ1v) is 5.15. The topological polar surface area (TPSA) is 26.3 Å². The van der Waals surface area contributed by atoms with Gasteiger partial charge in [-0.25, -0.2) is 0 Å². The van der Waals surface area contributed by atoms with E-state index in [0.29, 0.717) is 0 Å². The van der Waals surface area contributed by atoms with Crippen molar-refractivity contribution in [3.05, 3.63) is 35.4 Å². The van der Waals surface area contributed by atoms with E-state index in [1.165, 1.54) is 19.1 Å². The predicted molar refractivity (Wildman–Crippen MR) is 56.5 cm³/mol. The van der Waals surface area contributed by atoms with Crippen LogP contribution in [-0.2, 0) is 15.7 Å². The van der Waals surface area contributed by atoms with Gasteiger partial charge in [0.1, 0.15) is 6.10 Å². The summed E-state index contributed by atoms with van der Waals surface area (Å²) >= 11 is 0. The molecule has 1 atom stereocenters. The van der Waals surface area contributed by atoms with Gasteiger partial charge in [-0.3, -0.25) is 4.79 Å². The number of rotatable bonds is 4. The van der Waals surface area contributed by atoms with Gasteiger partial charge in [0.05, 0.1) is 5.56 Å². The molecule has 0 amide bonds. The minimum absolute atomic E-state index is 0.231. The lowest BCUT2D eigenvalue weighted by molar-refractivity contribution is -0.138. The second-order valence-electron chi connectivity index (χ2n) is 3.57. The third-order valence-corrected chi connectivity index (χ3v) is 2.22. The van der Waals surface area contributed by atoms with Gasteiger partial charge in [0.2, 0.25) is 0 Å². The maximum Gasteiger partial charge on any atom is 0.416 e. The lowest BCUT2D eigenvalue weighted by atomic mass is 10.0. The molecule has 0 aliphatic carbocycles. The van der Waals surface area contributed by atoms with Gasteiger partial charge in [-0.1, -0.05) is 12.1 Å². The molecule has 0 saturated heterocycles. The molecule has 0 aromatic heterocycles. The molecule has 94 valence electrons. The fourth-order valence-corrected chi connectivity index (χ4v) is 1.49. The summed E-state index contributed by atoms with van der Waals surface area (Å²) in [7, 11) is 0. The van der Waals surface area contributed by atoms with Crippen molar-refractivity contribution in [1.82, 2.24) is 0 Å². The maximum absolute atomic E-state index is 12.5. The Balaban J connectivity index is 3.08. The van der Waals surface area contributed by atoms with Crippen LogP contribution in [0.2, 0.25) is 0 Å². The van der Waals surface area contributed by atoms with E-state index in [0.717, 1.165) is 12.1 Å². The Morgan fingerprint density at radius 3 is 2.53 bits per heavy atom. The summed E-state index contributed by atoms with van der Waals surface area (Å²) in [5.41, 5.74) is -0.546. The van der Waals surface area contributed by atoms with Gasteiger partial charge < -0.3 is 4.74 Å². The van der Waals surface area contributed by atoms with Crippen molar-refractivity contribution in [1.29, 1.82) is 0 Å². The summed E-state index contributed by atoms with van der Waals surface area (Å²) in [6.45, 7) is 3.24. The molecule has 1 aromatic rings. The van der Waals surface area contributed by atoms with Crippen LogP contribution in [0.4, 0.5) is 13.2 Å². The van der Waals surface area contributed by atoms with Gasteiger partial charge in [0.15, 0.2) is 5.78 Å². The molecular weight excluding hydrogens is 233 g/mol. The molecule has 0 heterocycles. The summed E-state index contributed by atoms with van der Waals surface area (Å²) in [6, 6.07) is 4.64. The fourth-order valence-electron chi connectivity index (χ4n) is 1.49. The largest absolute Gasteiger partial charge is 0.416 e. The zero-order valence-electron chi connectivity index (χ0n) is 9.54. The van der Waals surface area contributed by atoms with E-state index >= 15 is 0 Å². The molecule has 17 heavy (non-hydrogen) atoms. The molecule has 0 aliphatic rings. The van der Waals surface area contributed by atoms with Crippen LogP contribution in [0.1, 0.15) is 31.1 Å². The van der Waals surface area contributed by atoms with Gasteiger partial charge in [0.25, 0.3) is 0 Å². The Kier molecular flexibility index (Phi) is 4.28. The van der Waals surface area contributed by atoms with Crippen LogP contribution < -0.4 is 0 Å². The van der Waals surface area contributed by atoms with E-state index < -0.39 is 17.8 Å². The average Bonchev–Trinajstić information content (AvgIpc) is 2.24. The van der Waals surface area contributed by atoms with Crippen LogP contribution in [-0.4, -0.2) is 12.4 Å². The van der Waals surface area contributed by atoms with Crippen molar-refractivity contribution in [3.8, 4) is 0 Å². The van der Waals surface area contributed by atoms with Gasteiger partial charge >= 0.3 is 6.18 Å². The molecular formula is C12H13F3O2. The highest BCUT2D eigenvalue weighted by molar-refractivity contribution is 5.81. The second-order valence-corrected chi connectivity index (χ2v) is 3.57. The first-order chi connectivity index (χ1) is 7.86. The lowest BCUT2D eigenvalue weighted by Gasteiger charge is -2.16. The summed E-state index contributed by atoms with van der Waals surface area (Å²) in [5.74, 6) is -0.314. The number of carbonyl (C=O) groups is 1. The fraction of sp³-hybridized carbons (Fsp3) is 0.417. The molecule has 2 nitrogen and oxygen atoms in total. The van der Waals surface area contributed by atoms with E-state index in [-0.39, 0.29) is 18.0 Å². The van der Waals surface area contributed by atoms with E-state index in [4.69, 9.17) is 4.74 Å². The zero-order chi connectivity index (χ0) is 13.1. The van der Waals surface area contributed by atoms with Gasteiger partial charge in [-0.2, -0.15) is 13.2 Å². The number of benzene rings is 1. The van der Waals surface area contributed by atoms with E-state index in [1.54, 1.807) is 6.92 Å². The smallest absolute Gasteiger partial charge is 0.366 e. The van der Waals surface area contributed by atoms with Crippen molar-refractivity contribution in [2.45, 2.75) is 26.1 Å². The molecule has 1 rings (SSSR count). The predicted octanol–water partition coefficient (Wildman–Crippen LogP) is 3.37. The monoisotopic (exact) mass is 246 g/mol. The standard InChI is InChI=1S/C12H13F3O2/c1-3-17-11(8(2)16)9-5-4-6-10(7-9)12(13,14)15/h4-7,11H,3H2,1-2H3. The number of carbonyl (C=O) groups excluding carboxylic acids is 1. The Morgan fingerprint density at radius 1 is 1.41 bits per heavy atom. The molecule has 1 unspecified atom stereocenters. The Labute approximate surface area is 97.4 Å². The Bertz CT molecular complexity index is 399. The van der Waals surface area contributed by atoms with Crippen LogP contribution in [0.3, 0.4) is 0 Å².